The van der Waals surface area contributed by atoms with Crippen molar-refractivity contribution in [2.24, 2.45) is 0 Å². The van der Waals surface area contributed by atoms with Gasteiger partial charge in [0.15, 0.2) is 0 Å². The lowest BCUT2D eigenvalue weighted by Gasteiger charge is -2.09. The van der Waals surface area contributed by atoms with E-state index in [1.165, 1.54) is 6.20 Å². The Kier molecular flexibility index (Phi) is 3.18. The van der Waals surface area contributed by atoms with Crippen molar-refractivity contribution in [2.75, 3.05) is 0 Å². The number of fused-ring (bicyclic) bond motifs is 4. The van der Waals surface area contributed by atoms with Crippen molar-refractivity contribution in [3.05, 3.63) is 82.8 Å². The van der Waals surface area contributed by atoms with Gasteiger partial charge in [-0.2, -0.15) is 0 Å². The molecule has 0 aliphatic carbocycles. The van der Waals surface area contributed by atoms with Crippen LogP contribution in [0.15, 0.2) is 71.7 Å². The fourth-order valence-corrected chi connectivity index (χ4v) is 3.74. The number of carboxylic acid groups (broad SMARTS) is 1. The number of aromatic carboxylic acids is 1. The molecule has 0 amide bonds. The van der Waals surface area contributed by atoms with Gasteiger partial charge < -0.3 is 15.1 Å². The van der Waals surface area contributed by atoms with Gasteiger partial charge in [0, 0.05) is 22.5 Å². The highest BCUT2D eigenvalue weighted by atomic mass is 16.4. The molecule has 0 saturated carbocycles. The lowest BCUT2D eigenvalue weighted by atomic mass is 9.96. The van der Waals surface area contributed by atoms with Gasteiger partial charge in [-0.05, 0) is 34.0 Å². The summed E-state index contributed by atoms with van der Waals surface area (Å²) < 4.78 is 0. The van der Waals surface area contributed by atoms with E-state index in [4.69, 9.17) is 0 Å². The molecular weight excluding hydrogens is 340 g/mol. The van der Waals surface area contributed by atoms with Crippen LogP contribution in [0.4, 0.5) is 0 Å². The summed E-state index contributed by atoms with van der Waals surface area (Å²) in [5.41, 5.74) is 2.67. The van der Waals surface area contributed by atoms with Crippen molar-refractivity contribution >= 4 is 38.5 Å². The van der Waals surface area contributed by atoms with Gasteiger partial charge in [-0.15, -0.1) is 0 Å². The molecule has 0 fully saturated rings. The van der Waals surface area contributed by atoms with Crippen LogP contribution in [0.5, 0.6) is 0 Å². The lowest BCUT2D eigenvalue weighted by Crippen LogP contribution is -2.07. The van der Waals surface area contributed by atoms with E-state index in [0.717, 1.165) is 21.9 Å². The first-order valence-electron chi connectivity index (χ1n) is 8.52. The zero-order valence-corrected chi connectivity index (χ0v) is 14.1. The maximum Gasteiger partial charge on any atom is 0.337 e. The number of H-pyrrole nitrogens is 2. The average molecular weight is 354 g/mol. The van der Waals surface area contributed by atoms with Crippen molar-refractivity contribution < 1.29 is 9.90 Å². The summed E-state index contributed by atoms with van der Waals surface area (Å²) in [7, 11) is 0. The summed E-state index contributed by atoms with van der Waals surface area (Å²) in [6.07, 6.45) is 1.37. The van der Waals surface area contributed by atoms with Crippen LogP contribution in [0.25, 0.3) is 43.7 Å². The minimum absolute atomic E-state index is 0.0937. The summed E-state index contributed by atoms with van der Waals surface area (Å²) >= 11 is 0. The summed E-state index contributed by atoms with van der Waals surface area (Å²) in [6.45, 7) is 0. The Labute approximate surface area is 152 Å². The van der Waals surface area contributed by atoms with Gasteiger partial charge in [-0.3, -0.25) is 4.79 Å². The number of benzene rings is 3. The Morgan fingerprint density at radius 3 is 2.59 bits per heavy atom. The number of aromatic nitrogens is 2. The number of nitrogens with one attached hydrogen (secondary N) is 2. The number of pyridine rings is 1. The molecule has 0 bridgehead atoms. The van der Waals surface area contributed by atoms with Crippen LogP contribution in [0.2, 0.25) is 0 Å². The maximum atomic E-state index is 12.3. The van der Waals surface area contributed by atoms with Gasteiger partial charge in [-0.25, -0.2) is 4.79 Å². The normalized spacial score (nSPS) is 11.4. The van der Waals surface area contributed by atoms with Crippen molar-refractivity contribution in [1.29, 1.82) is 0 Å². The predicted octanol–water partition coefficient (Wildman–Crippen LogP) is 4.53. The third kappa shape index (κ3) is 2.25. The molecule has 5 heteroatoms. The van der Waals surface area contributed by atoms with Crippen LogP contribution in [0, 0.1) is 0 Å². The second-order valence-corrected chi connectivity index (χ2v) is 6.50. The van der Waals surface area contributed by atoms with Crippen molar-refractivity contribution in [3.8, 4) is 11.1 Å². The smallest absolute Gasteiger partial charge is 0.337 e. The second kappa shape index (κ2) is 5.57. The summed E-state index contributed by atoms with van der Waals surface area (Å²) in [5, 5.41) is 12.9. The fraction of sp³-hybridized carbons (Fsp3) is 0. The third-order valence-corrected chi connectivity index (χ3v) is 4.98. The molecule has 3 aromatic carbocycles. The van der Waals surface area contributed by atoms with Crippen LogP contribution in [0.1, 0.15) is 10.4 Å². The lowest BCUT2D eigenvalue weighted by molar-refractivity contribution is 0.0699. The summed E-state index contributed by atoms with van der Waals surface area (Å²) in [4.78, 5) is 29.5. The van der Waals surface area contributed by atoms with Gasteiger partial charge in [-0.1, -0.05) is 48.5 Å². The van der Waals surface area contributed by atoms with Gasteiger partial charge in [0.1, 0.15) is 5.52 Å². The molecule has 0 atom stereocenters. The van der Waals surface area contributed by atoms with Gasteiger partial charge in [0.05, 0.1) is 5.56 Å². The van der Waals surface area contributed by atoms with Gasteiger partial charge in [0.25, 0.3) is 5.56 Å². The fourth-order valence-electron chi connectivity index (χ4n) is 3.74. The Morgan fingerprint density at radius 2 is 1.74 bits per heavy atom. The first kappa shape index (κ1) is 15.4. The molecule has 0 unspecified atom stereocenters. The predicted molar refractivity (Wildman–Crippen MR) is 106 cm³/mol. The molecule has 5 rings (SSSR count). The van der Waals surface area contributed by atoms with E-state index in [1.54, 1.807) is 0 Å². The highest BCUT2D eigenvalue weighted by molar-refractivity contribution is 6.15. The molecule has 0 saturated heterocycles. The highest BCUT2D eigenvalue weighted by Gasteiger charge is 2.17. The maximum absolute atomic E-state index is 12.3. The van der Waals surface area contributed by atoms with Gasteiger partial charge >= 0.3 is 5.97 Å². The monoisotopic (exact) mass is 354 g/mol. The number of hydrogen-bond acceptors (Lipinski definition) is 2. The van der Waals surface area contributed by atoms with Crippen LogP contribution < -0.4 is 5.56 Å². The van der Waals surface area contributed by atoms with E-state index in [2.05, 4.69) is 28.2 Å². The quantitative estimate of drug-likeness (QED) is 0.435. The number of hydrogen-bond donors (Lipinski definition) is 3. The third-order valence-electron chi connectivity index (χ3n) is 4.98. The van der Waals surface area contributed by atoms with E-state index in [-0.39, 0.29) is 16.6 Å². The molecule has 0 aliphatic heterocycles. The molecule has 5 aromatic rings. The molecule has 0 spiro atoms. The molecule has 5 nitrogen and oxygen atoms in total. The number of rotatable bonds is 2. The Morgan fingerprint density at radius 1 is 0.926 bits per heavy atom. The van der Waals surface area contributed by atoms with E-state index in [1.807, 2.05) is 42.5 Å². The second-order valence-electron chi connectivity index (χ2n) is 6.50. The molecule has 2 heterocycles. The Hall–Kier alpha value is -3.86. The van der Waals surface area contributed by atoms with Crippen LogP contribution in [0.3, 0.4) is 0 Å². The molecule has 27 heavy (non-hydrogen) atoms. The Balaban J connectivity index is 1.89. The van der Waals surface area contributed by atoms with Crippen molar-refractivity contribution in [1.82, 2.24) is 9.97 Å². The van der Waals surface area contributed by atoms with E-state index in [9.17, 15) is 14.7 Å². The molecule has 2 aromatic heterocycles. The standard InChI is InChI=1S/C22H14N2O3/c25-21-20-19(17(11-23-20)22(26)27)16-10-13(8-9-18(16)24-21)15-7-3-5-12-4-1-2-6-14(12)15/h1-11,23H,(H,24,25)(H,26,27). The first-order chi connectivity index (χ1) is 13.1. The number of carboxylic acids is 1. The average Bonchev–Trinajstić information content (AvgIpc) is 3.14. The number of aromatic amines is 2. The minimum Gasteiger partial charge on any atom is -0.478 e. The number of carbonyl (C=O) groups is 1. The summed E-state index contributed by atoms with van der Waals surface area (Å²) in [5.74, 6) is -1.07. The van der Waals surface area contributed by atoms with Crippen molar-refractivity contribution in [3.63, 3.8) is 0 Å². The topological polar surface area (TPSA) is 85.9 Å². The molecule has 130 valence electrons. The first-order valence-corrected chi connectivity index (χ1v) is 8.52. The van der Waals surface area contributed by atoms with Gasteiger partial charge in [0.2, 0.25) is 0 Å². The van der Waals surface area contributed by atoms with Crippen LogP contribution >= 0.6 is 0 Å². The van der Waals surface area contributed by atoms with Crippen LogP contribution in [-0.2, 0) is 0 Å². The highest BCUT2D eigenvalue weighted by Crippen LogP contribution is 2.33. The van der Waals surface area contributed by atoms with Crippen molar-refractivity contribution in [2.45, 2.75) is 0 Å². The van der Waals surface area contributed by atoms with E-state index < -0.39 is 5.97 Å². The zero-order chi connectivity index (χ0) is 18.5. The molecule has 0 aliphatic rings. The molecular formula is C22H14N2O3. The SMILES string of the molecule is O=C(O)c1c[nH]c2c(=O)[nH]c3ccc(-c4cccc5ccccc45)cc3c12. The largest absolute Gasteiger partial charge is 0.478 e. The molecule has 0 radical (unpaired) electrons. The molecule has 3 N–H and O–H groups in total. The van der Waals surface area contributed by atoms with E-state index in [0.29, 0.717) is 16.3 Å². The van der Waals surface area contributed by atoms with Crippen LogP contribution in [-0.4, -0.2) is 21.0 Å². The zero-order valence-electron chi connectivity index (χ0n) is 14.1. The Bertz CT molecular complexity index is 1420. The summed E-state index contributed by atoms with van der Waals surface area (Å²) in [6, 6.07) is 19.9. The van der Waals surface area contributed by atoms with E-state index >= 15 is 0 Å². The minimum atomic E-state index is -1.07.